The summed E-state index contributed by atoms with van der Waals surface area (Å²) < 4.78 is 5.39. The highest BCUT2D eigenvalue weighted by molar-refractivity contribution is 7.80. The molecule has 0 aliphatic rings. The number of ether oxygens (including phenoxy) is 1. The first kappa shape index (κ1) is 23.9. The van der Waals surface area contributed by atoms with Crippen molar-refractivity contribution in [3.63, 3.8) is 0 Å². The Morgan fingerprint density at radius 2 is 1.67 bits per heavy atom. The summed E-state index contributed by atoms with van der Waals surface area (Å²) in [6.07, 6.45) is 3.08. The number of thiocarbonyl (C=S) groups is 1. The average Bonchev–Trinajstić information content (AvgIpc) is 2.80. The highest BCUT2D eigenvalue weighted by atomic mass is 32.1. The Morgan fingerprint density at radius 3 is 2.27 bits per heavy atom. The minimum Gasteiger partial charge on any atom is -0.494 e. The number of hydrogen-bond donors (Lipinski definition) is 3. The molecule has 0 fully saturated rings. The molecular weight excluding hydrogens is 436 g/mol. The van der Waals surface area contributed by atoms with Crippen LogP contribution in [0.4, 0.5) is 11.4 Å². The number of hydrogen-bond acceptors (Lipinski definition) is 5. The maximum Gasteiger partial charge on any atom is 0.257 e. The van der Waals surface area contributed by atoms with Crippen molar-refractivity contribution in [2.45, 2.75) is 26.2 Å². The quantitative estimate of drug-likeness (QED) is 0.473. The Labute approximate surface area is 198 Å². The summed E-state index contributed by atoms with van der Waals surface area (Å²) in [6.45, 7) is 6.35. The molecule has 0 unspecified atom stereocenters. The molecule has 0 spiro atoms. The number of nitrogens with one attached hydrogen (secondary N) is 3. The van der Waals surface area contributed by atoms with Crippen LogP contribution in [0.25, 0.3) is 0 Å². The molecule has 7 nitrogen and oxygen atoms in total. The number of amides is 2. The van der Waals surface area contributed by atoms with Crippen LogP contribution in [0.1, 0.15) is 47.1 Å². The van der Waals surface area contributed by atoms with Crippen LogP contribution in [0.5, 0.6) is 5.75 Å². The van der Waals surface area contributed by atoms with E-state index in [1.165, 1.54) is 13.3 Å². The van der Waals surface area contributed by atoms with Crippen LogP contribution in [0.2, 0.25) is 0 Å². The Bertz CT molecular complexity index is 1160. The van der Waals surface area contributed by atoms with Gasteiger partial charge in [0, 0.05) is 29.7 Å². The first-order valence-electron chi connectivity index (χ1n) is 10.3. The SMILES string of the molecule is COc1cc(NC(=S)NC(=O)c2ccc(C(C)(C)C)cc2)ccc1NC(=O)c1cccnc1. The zero-order valence-electron chi connectivity index (χ0n) is 18.9. The van der Waals surface area contributed by atoms with Gasteiger partial charge in [0.2, 0.25) is 0 Å². The summed E-state index contributed by atoms with van der Waals surface area (Å²) in [6, 6.07) is 15.9. The largest absolute Gasteiger partial charge is 0.494 e. The van der Waals surface area contributed by atoms with Gasteiger partial charge < -0.3 is 15.4 Å². The summed E-state index contributed by atoms with van der Waals surface area (Å²) in [5, 5.41) is 8.57. The summed E-state index contributed by atoms with van der Waals surface area (Å²) >= 11 is 5.28. The first-order chi connectivity index (χ1) is 15.7. The van der Waals surface area contributed by atoms with E-state index in [1.54, 1.807) is 48.7 Å². The molecule has 3 rings (SSSR count). The Hall–Kier alpha value is -3.78. The van der Waals surface area contributed by atoms with Gasteiger partial charge in [-0.15, -0.1) is 0 Å². The number of aromatic nitrogens is 1. The second-order valence-electron chi connectivity index (χ2n) is 8.35. The average molecular weight is 463 g/mol. The number of pyridine rings is 1. The summed E-state index contributed by atoms with van der Waals surface area (Å²) in [7, 11) is 1.50. The van der Waals surface area contributed by atoms with Crippen molar-refractivity contribution < 1.29 is 14.3 Å². The van der Waals surface area contributed by atoms with Gasteiger partial charge in [-0.2, -0.15) is 0 Å². The molecular formula is C25H26N4O3S. The molecule has 1 heterocycles. The third-order valence-corrected chi connectivity index (χ3v) is 5.08. The fourth-order valence-electron chi connectivity index (χ4n) is 3.02. The first-order valence-corrected chi connectivity index (χ1v) is 10.7. The molecule has 2 aromatic carbocycles. The van der Waals surface area contributed by atoms with Gasteiger partial charge in [-0.3, -0.25) is 19.9 Å². The fraction of sp³-hybridized carbons (Fsp3) is 0.200. The Balaban J connectivity index is 1.63. The van der Waals surface area contributed by atoms with Gasteiger partial charge in [-0.05, 0) is 59.6 Å². The van der Waals surface area contributed by atoms with Crippen molar-refractivity contribution in [1.82, 2.24) is 10.3 Å². The Morgan fingerprint density at radius 1 is 0.939 bits per heavy atom. The third kappa shape index (κ3) is 6.36. The van der Waals surface area contributed by atoms with Crippen LogP contribution in [0.15, 0.2) is 67.0 Å². The van der Waals surface area contributed by atoms with Crippen LogP contribution in [0, 0.1) is 0 Å². The smallest absolute Gasteiger partial charge is 0.257 e. The summed E-state index contributed by atoms with van der Waals surface area (Å²) in [5.74, 6) is -0.174. The second-order valence-corrected chi connectivity index (χ2v) is 8.75. The maximum atomic E-state index is 12.5. The number of methoxy groups -OCH3 is 1. The number of carbonyl (C=O) groups excluding carboxylic acids is 2. The minimum absolute atomic E-state index is 0.00847. The number of carbonyl (C=O) groups is 2. The van der Waals surface area contributed by atoms with E-state index in [0.29, 0.717) is 28.3 Å². The second kappa shape index (κ2) is 10.2. The molecule has 2 amide bonds. The van der Waals surface area contributed by atoms with Crippen molar-refractivity contribution in [3.8, 4) is 5.75 Å². The molecule has 3 N–H and O–H groups in total. The molecule has 1 aromatic heterocycles. The molecule has 3 aromatic rings. The minimum atomic E-state index is -0.305. The van der Waals surface area contributed by atoms with Crippen molar-refractivity contribution >= 4 is 40.5 Å². The van der Waals surface area contributed by atoms with Crippen molar-refractivity contribution in [2.75, 3.05) is 17.7 Å². The van der Waals surface area contributed by atoms with Crippen molar-refractivity contribution in [3.05, 3.63) is 83.7 Å². The molecule has 170 valence electrons. The molecule has 0 bridgehead atoms. The van der Waals surface area contributed by atoms with E-state index in [0.717, 1.165) is 5.56 Å². The van der Waals surface area contributed by atoms with Gasteiger partial charge in [-0.1, -0.05) is 32.9 Å². The number of benzene rings is 2. The topological polar surface area (TPSA) is 92.4 Å². The fourth-order valence-corrected chi connectivity index (χ4v) is 3.23. The zero-order valence-corrected chi connectivity index (χ0v) is 19.7. The van der Waals surface area contributed by atoms with E-state index in [1.807, 2.05) is 12.1 Å². The standard InChI is InChI=1S/C25H26N4O3S/c1-25(2,3)18-9-7-16(8-10-18)22(30)29-24(33)27-19-11-12-20(21(14-19)32-4)28-23(31)17-6-5-13-26-15-17/h5-15H,1-4H3,(H,28,31)(H2,27,29,30,33). The van der Waals surface area contributed by atoms with Gasteiger partial charge in [-0.25, -0.2) is 0 Å². The molecule has 0 saturated heterocycles. The molecule has 0 atom stereocenters. The number of anilines is 2. The third-order valence-electron chi connectivity index (χ3n) is 4.87. The van der Waals surface area contributed by atoms with Gasteiger partial charge in [0.1, 0.15) is 5.75 Å². The van der Waals surface area contributed by atoms with E-state index in [9.17, 15) is 9.59 Å². The lowest BCUT2D eigenvalue weighted by Gasteiger charge is -2.19. The van der Waals surface area contributed by atoms with Crippen molar-refractivity contribution in [2.24, 2.45) is 0 Å². The van der Waals surface area contributed by atoms with Gasteiger partial charge >= 0.3 is 0 Å². The van der Waals surface area contributed by atoms with E-state index in [2.05, 4.69) is 41.7 Å². The van der Waals surface area contributed by atoms with Crippen LogP contribution >= 0.6 is 12.2 Å². The number of nitrogens with zero attached hydrogens (tertiary/aromatic N) is 1. The van der Waals surface area contributed by atoms with E-state index in [-0.39, 0.29) is 22.3 Å². The number of rotatable bonds is 5. The normalized spacial score (nSPS) is 10.8. The lowest BCUT2D eigenvalue weighted by atomic mass is 9.87. The highest BCUT2D eigenvalue weighted by Crippen LogP contribution is 2.28. The molecule has 0 aliphatic heterocycles. The van der Waals surface area contributed by atoms with Crippen molar-refractivity contribution in [1.29, 1.82) is 0 Å². The molecule has 33 heavy (non-hydrogen) atoms. The van der Waals surface area contributed by atoms with Gasteiger partial charge in [0.25, 0.3) is 11.8 Å². The van der Waals surface area contributed by atoms with Crippen LogP contribution in [-0.4, -0.2) is 29.0 Å². The molecule has 8 heteroatoms. The lowest BCUT2D eigenvalue weighted by Crippen LogP contribution is -2.34. The maximum absolute atomic E-state index is 12.5. The van der Waals surface area contributed by atoms with Crippen LogP contribution in [0.3, 0.4) is 0 Å². The van der Waals surface area contributed by atoms with Crippen LogP contribution < -0.4 is 20.7 Å². The predicted molar refractivity (Wildman–Crippen MR) is 134 cm³/mol. The summed E-state index contributed by atoms with van der Waals surface area (Å²) in [5.41, 5.74) is 3.18. The highest BCUT2D eigenvalue weighted by Gasteiger charge is 2.15. The van der Waals surface area contributed by atoms with E-state index < -0.39 is 0 Å². The van der Waals surface area contributed by atoms with E-state index >= 15 is 0 Å². The van der Waals surface area contributed by atoms with Gasteiger partial charge in [0.05, 0.1) is 18.4 Å². The molecule has 0 aliphatic carbocycles. The zero-order chi connectivity index (χ0) is 24.0. The summed E-state index contributed by atoms with van der Waals surface area (Å²) in [4.78, 5) is 28.9. The van der Waals surface area contributed by atoms with Crippen LogP contribution in [-0.2, 0) is 5.41 Å². The predicted octanol–water partition coefficient (Wildman–Crippen LogP) is 4.77. The monoisotopic (exact) mass is 462 g/mol. The lowest BCUT2D eigenvalue weighted by molar-refractivity contribution is 0.0976. The Kier molecular flexibility index (Phi) is 7.40. The molecule has 0 saturated carbocycles. The molecule has 0 radical (unpaired) electrons. The van der Waals surface area contributed by atoms with Gasteiger partial charge in [0.15, 0.2) is 5.11 Å². The van der Waals surface area contributed by atoms with E-state index in [4.69, 9.17) is 17.0 Å².